The van der Waals surface area contributed by atoms with Crippen LogP contribution in [0.2, 0.25) is 0 Å². The average molecular weight is 230 g/mol. The summed E-state index contributed by atoms with van der Waals surface area (Å²) >= 11 is 0. The van der Waals surface area contributed by atoms with Gasteiger partial charge in [0.2, 0.25) is 0 Å². The number of piperidine rings is 1. The molecule has 0 saturated carbocycles. The lowest BCUT2D eigenvalue weighted by molar-refractivity contribution is 0.237. The first-order valence-electron chi connectivity index (χ1n) is 4.35. The second kappa shape index (κ2) is 7.77. The molecule has 0 radical (unpaired) electrons. The molecular formula is C7H17ClNO3P. The van der Waals surface area contributed by atoms with Crippen LogP contribution in [0.15, 0.2) is 0 Å². The largest absolute Gasteiger partial charge is 0.326 e. The van der Waals surface area contributed by atoms with Crippen molar-refractivity contribution in [1.82, 2.24) is 5.32 Å². The molecule has 0 aromatic carbocycles. The van der Waals surface area contributed by atoms with Gasteiger partial charge in [-0.25, -0.2) is 0 Å². The predicted molar refractivity (Wildman–Crippen MR) is 54.6 cm³/mol. The lowest BCUT2D eigenvalue weighted by atomic mass is 9.95. The lowest BCUT2D eigenvalue weighted by Crippen LogP contribution is -2.28. The molecule has 1 heterocycles. The SMILES string of the molecule is Cl.O=[PH](O)OCCC1CCNCC1. The van der Waals surface area contributed by atoms with Gasteiger partial charge in [-0.05, 0) is 38.3 Å². The minimum atomic E-state index is -2.70. The van der Waals surface area contributed by atoms with Crippen LogP contribution in [0.3, 0.4) is 0 Å². The van der Waals surface area contributed by atoms with Crippen LogP contribution in [0, 0.1) is 5.92 Å². The zero-order valence-corrected chi connectivity index (χ0v) is 9.31. The zero-order chi connectivity index (χ0) is 8.81. The highest BCUT2D eigenvalue weighted by atomic mass is 35.5. The van der Waals surface area contributed by atoms with E-state index < -0.39 is 8.25 Å². The van der Waals surface area contributed by atoms with Crippen LogP contribution in [0.5, 0.6) is 0 Å². The predicted octanol–water partition coefficient (Wildman–Crippen LogP) is 1.20. The van der Waals surface area contributed by atoms with Gasteiger partial charge in [0.25, 0.3) is 0 Å². The van der Waals surface area contributed by atoms with E-state index in [1.54, 1.807) is 0 Å². The fourth-order valence-electron chi connectivity index (χ4n) is 1.48. The third-order valence-corrected chi connectivity index (χ3v) is 2.66. The Balaban J connectivity index is 0.00000144. The molecule has 1 aliphatic heterocycles. The van der Waals surface area contributed by atoms with Gasteiger partial charge in [0.15, 0.2) is 0 Å². The van der Waals surface area contributed by atoms with Gasteiger partial charge in [0.05, 0.1) is 6.61 Å². The summed E-state index contributed by atoms with van der Waals surface area (Å²) < 4.78 is 14.8. The third-order valence-electron chi connectivity index (χ3n) is 2.21. The molecule has 2 N–H and O–H groups in total. The Labute approximate surface area is 85.4 Å². The van der Waals surface area contributed by atoms with Crippen LogP contribution in [0.4, 0.5) is 0 Å². The Morgan fingerprint density at radius 2 is 2.08 bits per heavy atom. The van der Waals surface area contributed by atoms with Crippen LogP contribution in [-0.4, -0.2) is 24.6 Å². The van der Waals surface area contributed by atoms with Crippen molar-refractivity contribution in [1.29, 1.82) is 0 Å². The van der Waals surface area contributed by atoms with E-state index in [9.17, 15) is 4.57 Å². The Bertz CT molecular complexity index is 153. The van der Waals surface area contributed by atoms with Gasteiger partial charge < -0.3 is 14.7 Å². The summed E-state index contributed by atoms with van der Waals surface area (Å²) in [7, 11) is -2.70. The zero-order valence-electron chi connectivity index (χ0n) is 7.49. The molecule has 0 aromatic rings. The average Bonchev–Trinajstić information content (AvgIpc) is 2.05. The molecule has 80 valence electrons. The first-order chi connectivity index (χ1) is 5.79. The second-order valence-electron chi connectivity index (χ2n) is 3.10. The molecule has 4 nitrogen and oxygen atoms in total. The van der Waals surface area contributed by atoms with Gasteiger partial charge in [0.1, 0.15) is 0 Å². The summed E-state index contributed by atoms with van der Waals surface area (Å²) in [6.45, 7) is 2.57. The maximum absolute atomic E-state index is 10.2. The van der Waals surface area contributed by atoms with E-state index in [4.69, 9.17) is 4.89 Å². The van der Waals surface area contributed by atoms with Crippen LogP contribution in [0.1, 0.15) is 19.3 Å². The van der Waals surface area contributed by atoms with Crippen LogP contribution in [-0.2, 0) is 9.09 Å². The Hall–Kier alpha value is 0.400. The molecule has 1 atom stereocenters. The van der Waals surface area contributed by atoms with E-state index in [-0.39, 0.29) is 12.4 Å². The molecule has 1 rings (SSSR count). The fraction of sp³-hybridized carbons (Fsp3) is 1.00. The van der Waals surface area contributed by atoms with Crippen molar-refractivity contribution in [2.45, 2.75) is 19.3 Å². The van der Waals surface area contributed by atoms with E-state index in [0.29, 0.717) is 12.5 Å². The molecule has 0 spiro atoms. The van der Waals surface area contributed by atoms with E-state index in [2.05, 4.69) is 9.84 Å². The van der Waals surface area contributed by atoms with E-state index in [1.807, 2.05) is 0 Å². The summed E-state index contributed by atoms with van der Waals surface area (Å²) in [4.78, 5) is 8.39. The molecule has 0 aromatic heterocycles. The Kier molecular flexibility index (Phi) is 8.01. The minimum Gasteiger partial charge on any atom is -0.326 e. The van der Waals surface area contributed by atoms with Crippen molar-refractivity contribution in [2.24, 2.45) is 5.92 Å². The Morgan fingerprint density at radius 1 is 1.46 bits per heavy atom. The number of rotatable bonds is 4. The van der Waals surface area contributed by atoms with Gasteiger partial charge in [-0.3, -0.25) is 4.57 Å². The van der Waals surface area contributed by atoms with E-state index >= 15 is 0 Å². The third kappa shape index (κ3) is 6.47. The molecule has 13 heavy (non-hydrogen) atoms. The lowest BCUT2D eigenvalue weighted by Gasteiger charge is -2.21. The monoisotopic (exact) mass is 229 g/mol. The number of nitrogens with one attached hydrogen (secondary N) is 1. The van der Waals surface area contributed by atoms with Crippen molar-refractivity contribution in [3.63, 3.8) is 0 Å². The molecular weight excluding hydrogens is 213 g/mol. The Morgan fingerprint density at radius 3 is 2.62 bits per heavy atom. The molecule has 0 bridgehead atoms. The highest BCUT2D eigenvalue weighted by Crippen LogP contribution is 2.20. The summed E-state index contributed by atoms with van der Waals surface area (Å²) in [5.41, 5.74) is 0. The molecule has 0 aliphatic carbocycles. The summed E-state index contributed by atoms with van der Waals surface area (Å²) in [5, 5.41) is 3.27. The van der Waals surface area contributed by atoms with E-state index in [1.165, 1.54) is 0 Å². The summed E-state index contributed by atoms with van der Waals surface area (Å²) in [5.74, 6) is 0.674. The quantitative estimate of drug-likeness (QED) is 0.712. The number of halogens is 1. The number of hydrogen-bond acceptors (Lipinski definition) is 3. The van der Waals surface area contributed by atoms with E-state index in [0.717, 1.165) is 32.4 Å². The van der Waals surface area contributed by atoms with Gasteiger partial charge >= 0.3 is 8.25 Å². The van der Waals surface area contributed by atoms with Gasteiger partial charge in [0, 0.05) is 0 Å². The summed E-state index contributed by atoms with van der Waals surface area (Å²) in [6, 6.07) is 0. The van der Waals surface area contributed by atoms with Crippen LogP contribution >= 0.6 is 20.7 Å². The molecule has 1 unspecified atom stereocenters. The van der Waals surface area contributed by atoms with Gasteiger partial charge in [-0.15, -0.1) is 12.4 Å². The first kappa shape index (κ1) is 13.4. The van der Waals surface area contributed by atoms with Crippen LogP contribution < -0.4 is 5.32 Å². The smallest absolute Gasteiger partial charge is 0.316 e. The van der Waals surface area contributed by atoms with Crippen molar-refractivity contribution >= 4 is 20.7 Å². The minimum absolute atomic E-state index is 0. The molecule has 6 heteroatoms. The second-order valence-corrected chi connectivity index (χ2v) is 3.92. The van der Waals surface area contributed by atoms with Crippen molar-refractivity contribution in [3.05, 3.63) is 0 Å². The van der Waals surface area contributed by atoms with Crippen LogP contribution in [0.25, 0.3) is 0 Å². The highest BCUT2D eigenvalue weighted by molar-refractivity contribution is 7.32. The molecule has 1 saturated heterocycles. The van der Waals surface area contributed by atoms with Crippen molar-refractivity contribution in [2.75, 3.05) is 19.7 Å². The van der Waals surface area contributed by atoms with Gasteiger partial charge in [-0.2, -0.15) is 0 Å². The summed E-state index contributed by atoms with van der Waals surface area (Å²) in [6.07, 6.45) is 3.24. The molecule has 1 fully saturated rings. The normalized spacial score (nSPS) is 20.7. The standard InChI is InChI=1S/C7H16NO3P.ClH/c9-12(10)11-6-3-7-1-4-8-5-2-7;/h7-8,12H,1-6H2,(H,9,10);1H. The maximum atomic E-state index is 10.2. The molecule has 1 aliphatic rings. The molecule has 0 amide bonds. The maximum Gasteiger partial charge on any atom is 0.316 e. The van der Waals surface area contributed by atoms with Crippen molar-refractivity contribution in [3.8, 4) is 0 Å². The fourth-order valence-corrected chi connectivity index (χ4v) is 1.78. The highest BCUT2D eigenvalue weighted by Gasteiger charge is 2.12. The number of hydrogen-bond donors (Lipinski definition) is 2. The first-order valence-corrected chi connectivity index (χ1v) is 5.62. The van der Waals surface area contributed by atoms with Crippen molar-refractivity contribution < 1.29 is 14.0 Å². The van der Waals surface area contributed by atoms with Gasteiger partial charge in [-0.1, -0.05) is 0 Å². The topological polar surface area (TPSA) is 58.6 Å².